The van der Waals surface area contributed by atoms with Gasteiger partial charge in [0.15, 0.2) is 0 Å². The second kappa shape index (κ2) is 6.64. The quantitative estimate of drug-likeness (QED) is 0.602. The zero-order valence-electron chi connectivity index (χ0n) is 9.00. The number of rotatable bonds is 5. The summed E-state index contributed by atoms with van der Waals surface area (Å²) in [4.78, 5) is 0. The summed E-state index contributed by atoms with van der Waals surface area (Å²) in [5, 5.41) is 0. The molecule has 2 nitrogen and oxygen atoms in total. The first-order valence-electron chi connectivity index (χ1n) is 4.79. The van der Waals surface area contributed by atoms with Crippen LogP contribution in [0.15, 0.2) is 34.8 Å². The number of methoxy groups -OCH3 is 1. The molecule has 0 saturated carbocycles. The van der Waals surface area contributed by atoms with Gasteiger partial charge < -0.3 is 9.47 Å². The van der Waals surface area contributed by atoms with E-state index in [9.17, 15) is 0 Å². The summed E-state index contributed by atoms with van der Waals surface area (Å²) in [5.41, 5.74) is 1.10. The van der Waals surface area contributed by atoms with Crippen LogP contribution >= 0.6 is 15.9 Å². The van der Waals surface area contributed by atoms with Gasteiger partial charge in [-0.2, -0.15) is 0 Å². The van der Waals surface area contributed by atoms with Crippen molar-refractivity contribution >= 4 is 15.9 Å². The number of hydrogen-bond acceptors (Lipinski definition) is 2. The zero-order valence-corrected chi connectivity index (χ0v) is 10.6. The molecule has 1 aromatic carbocycles. The van der Waals surface area contributed by atoms with E-state index in [-0.39, 0.29) is 0 Å². The first-order chi connectivity index (χ1) is 7.27. The standard InChI is InChI=1S/C12H15BrO2/c1-3-4-7-15-9-10-8-11(14-2)5-6-12(10)13/h3-6,8H,7,9H2,1-2H3. The molecular weight excluding hydrogens is 256 g/mol. The molecule has 0 bridgehead atoms. The van der Waals surface area contributed by atoms with Crippen LogP contribution in [0.4, 0.5) is 0 Å². The lowest BCUT2D eigenvalue weighted by atomic mass is 10.2. The maximum absolute atomic E-state index is 5.47. The molecule has 0 fully saturated rings. The third-order valence-corrected chi connectivity index (χ3v) is 2.73. The van der Waals surface area contributed by atoms with Crippen molar-refractivity contribution in [2.75, 3.05) is 13.7 Å². The highest BCUT2D eigenvalue weighted by Gasteiger charge is 2.01. The summed E-state index contributed by atoms with van der Waals surface area (Å²) in [5.74, 6) is 0.850. The van der Waals surface area contributed by atoms with Gasteiger partial charge in [0.2, 0.25) is 0 Å². The minimum Gasteiger partial charge on any atom is -0.497 e. The van der Waals surface area contributed by atoms with E-state index in [1.165, 1.54) is 0 Å². The van der Waals surface area contributed by atoms with Gasteiger partial charge in [-0.3, -0.25) is 0 Å². The zero-order chi connectivity index (χ0) is 11.1. The van der Waals surface area contributed by atoms with E-state index in [1.807, 2.05) is 37.3 Å². The smallest absolute Gasteiger partial charge is 0.119 e. The van der Waals surface area contributed by atoms with Crippen molar-refractivity contribution in [3.63, 3.8) is 0 Å². The van der Waals surface area contributed by atoms with E-state index in [0.717, 1.165) is 15.8 Å². The van der Waals surface area contributed by atoms with Crippen molar-refractivity contribution in [1.82, 2.24) is 0 Å². The molecule has 1 aromatic rings. The maximum Gasteiger partial charge on any atom is 0.119 e. The SMILES string of the molecule is CC=CCOCc1cc(OC)ccc1Br. The third-order valence-electron chi connectivity index (χ3n) is 1.96. The van der Waals surface area contributed by atoms with Crippen LogP contribution in [-0.4, -0.2) is 13.7 Å². The first-order valence-corrected chi connectivity index (χ1v) is 5.58. The average Bonchev–Trinajstić information content (AvgIpc) is 2.26. The number of benzene rings is 1. The average molecular weight is 271 g/mol. The molecule has 0 N–H and O–H groups in total. The molecule has 0 saturated heterocycles. The molecular formula is C12H15BrO2. The van der Waals surface area contributed by atoms with Crippen molar-refractivity contribution in [2.24, 2.45) is 0 Å². The summed E-state index contributed by atoms with van der Waals surface area (Å²) < 4.78 is 11.7. The van der Waals surface area contributed by atoms with E-state index in [1.54, 1.807) is 7.11 Å². The highest BCUT2D eigenvalue weighted by atomic mass is 79.9. The van der Waals surface area contributed by atoms with Crippen LogP contribution in [-0.2, 0) is 11.3 Å². The van der Waals surface area contributed by atoms with E-state index in [4.69, 9.17) is 9.47 Å². The monoisotopic (exact) mass is 270 g/mol. The van der Waals surface area contributed by atoms with Gasteiger partial charge in [0, 0.05) is 4.47 Å². The Morgan fingerprint density at radius 2 is 2.20 bits per heavy atom. The Bertz CT molecular complexity index is 334. The van der Waals surface area contributed by atoms with E-state index in [0.29, 0.717) is 13.2 Å². The fourth-order valence-electron chi connectivity index (χ4n) is 1.12. The van der Waals surface area contributed by atoms with Gasteiger partial charge in [0.25, 0.3) is 0 Å². The Hall–Kier alpha value is -0.800. The molecule has 15 heavy (non-hydrogen) atoms. The molecule has 0 aliphatic carbocycles. The topological polar surface area (TPSA) is 18.5 Å². The Labute approximate surface area is 99.0 Å². The normalized spacial score (nSPS) is 10.9. The lowest BCUT2D eigenvalue weighted by Gasteiger charge is -2.07. The van der Waals surface area contributed by atoms with Crippen molar-refractivity contribution < 1.29 is 9.47 Å². The van der Waals surface area contributed by atoms with Crippen LogP contribution < -0.4 is 4.74 Å². The molecule has 0 atom stereocenters. The minimum absolute atomic E-state index is 0.585. The highest BCUT2D eigenvalue weighted by Crippen LogP contribution is 2.22. The van der Waals surface area contributed by atoms with Crippen molar-refractivity contribution in [3.8, 4) is 5.75 Å². The molecule has 0 amide bonds. The van der Waals surface area contributed by atoms with Gasteiger partial charge in [0.1, 0.15) is 5.75 Å². The largest absolute Gasteiger partial charge is 0.497 e. The molecule has 0 heterocycles. The van der Waals surface area contributed by atoms with Crippen molar-refractivity contribution in [1.29, 1.82) is 0 Å². The molecule has 0 aliphatic heterocycles. The van der Waals surface area contributed by atoms with Gasteiger partial charge >= 0.3 is 0 Å². The molecule has 0 aromatic heterocycles. The number of hydrogen-bond donors (Lipinski definition) is 0. The molecule has 0 spiro atoms. The molecule has 1 rings (SSSR count). The first kappa shape index (κ1) is 12.3. The van der Waals surface area contributed by atoms with Crippen molar-refractivity contribution in [2.45, 2.75) is 13.5 Å². The molecule has 3 heteroatoms. The predicted octanol–water partition coefficient (Wildman–Crippen LogP) is 3.55. The second-order valence-electron chi connectivity index (χ2n) is 3.04. The Morgan fingerprint density at radius 3 is 2.87 bits per heavy atom. The number of allylic oxidation sites excluding steroid dienone is 1. The van der Waals surface area contributed by atoms with Crippen LogP contribution in [0.1, 0.15) is 12.5 Å². The van der Waals surface area contributed by atoms with Gasteiger partial charge in [-0.25, -0.2) is 0 Å². The molecule has 0 aliphatic rings. The summed E-state index contributed by atoms with van der Waals surface area (Å²) in [6, 6.07) is 5.85. The van der Waals surface area contributed by atoms with Crippen LogP contribution in [0.25, 0.3) is 0 Å². The van der Waals surface area contributed by atoms with Gasteiger partial charge in [0.05, 0.1) is 20.3 Å². The van der Waals surface area contributed by atoms with Crippen LogP contribution in [0.5, 0.6) is 5.75 Å². The Kier molecular flexibility index (Phi) is 5.43. The van der Waals surface area contributed by atoms with Gasteiger partial charge in [-0.05, 0) is 30.7 Å². The summed E-state index contributed by atoms with van der Waals surface area (Å²) in [6.45, 7) is 3.20. The third kappa shape index (κ3) is 4.06. The molecule has 0 unspecified atom stereocenters. The highest BCUT2D eigenvalue weighted by molar-refractivity contribution is 9.10. The van der Waals surface area contributed by atoms with Gasteiger partial charge in [-0.15, -0.1) is 0 Å². The number of ether oxygens (including phenoxy) is 2. The Morgan fingerprint density at radius 1 is 1.40 bits per heavy atom. The lowest BCUT2D eigenvalue weighted by Crippen LogP contribution is -1.95. The van der Waals surface area contributed by atoms with E-state index < -0.39 is 0 Å². The lowest BCUT2D eigenvalue weighted by molar-refractivity contribution is 0.148. The Balaban J connectivity index is 2.58. The summed E-state index contributed by atoms with van der Waals surface area (Å²) >= 11 is 3.48. The van der Waals surface area contributed by atoms with Crippen molar-refractivity contribution in [3.05, 3.63) is 40.4 Å². The number of halogens is 1. The van der Waals surface area contributed by atoms with E-state index in [2.05, 4.69) is 15.9 Å². The summed E-state index contributed by atoms with van der Waals surface area (Å²) in [7, 11) is 1.66. The molecule has 0 radical (unpaired) electrons. The fourth-order valence-corrected chi connectivity index (χ4v) is 1.48. The fraction of sp³-hybridized carbons (Fsp3) is 0.333. The predicted molar refractivity (Wildman–Crippen MR) is 65.2 cm³/mol. The van der Waals surface area contributed by atoms with Gasteiger partial charge in [-0.1, -0.05) is 28.1 Å². The van der Waals surface area contributed by atoms with Crippen LogP contribution in [0, 0.1) is 0 Å². The van der Waals surface area contributed by atoms with Crippen LogP contribution in [0.3, 0.4) is 0 Å². The summed E-state index contributed by atoms with van der Waals surface area (Å²) in [6.07, 6.45) is 3.95. The van der Waals surface area contributed by atoms with E-state index >= 15 is 0 Å². The molecule has 82 valence electrons. The van der Waals surface area contributed by atoms with Crippen LogP contribution in [0.2, 0.25) is 0 Å². The second-order valence-corrected chi connectivity index (χ2v) is 3.90. The maximum atomic E-state index is 5.47. The minimum atomic E-state index is 0.585.